The zero-order valence-corrected chi connectivity index (χ0v) is 16.1. The van der Waals surface area contributed by atoms with Crippen molar-refractivity contribution >= 4 is 11.7 Å². The lowest BCUT2D eigenvalue weighted by molar-refractivity contribution is 0.0742. The molecule has 6 nitrogen and oxygen atoms in total. The molecule has 0 saturated carbocycles. The molecule has 0 unspecified atom stereocenters. The van der Waals surface area contributed by atoms with Crippen LogP contribution in [0.25, 0.3) is 0 Å². The SMILES string of the molecule is COc1ccnc(N2CCN(C(=O)c3cccc4c3OCC4(C)C)CC2)c1. The number of pyridine rings is 1. The Bertz CT molecular complexity index is 858. The summed E-state index contributed by atoms with van der Waals surface area (Å²) in [5.41, 5.74) is 1.74. The summed E-state index contributed by atoms with van der Waals surface area (Å²) in [5.74, 6) is 2.47. The van der Waals surface area contributed by atoms with Crippen molar-refractivity contribution in [3.05, 3.63) is 47.7 Å². The van der Waals surface area contributed by atoms with Crippen LogP contribution < -0.4 is 14.4 Å². The maximum atomic E-state index is 13.1. The third-order valence-corrected chi connectivity index (χ3v) is 5.40. The molecule has 142 valence electrons. The Morgan fingerprint density at radius 1 is 1.19 bits per heavy atom. The fourth-order valence-corrected chi connectivity index (χ4v) is 3.73. The maximum absolute atomic E-state index is 13.1. The third-order valence-electron chi connectivity index (χ3n) is 5.40. The van der Waals surface area contributed by atoms with Gasteiger partial charge in [-0.3, -0.25) is 4.79 Å². The van der Waals surface area contributed by atoms with E-state index >= 15 is 0 Å². The van der Waals surface area contributed by atoms with E-state index in [2.05, 4.69) is 29.8 Å². The molecule has 2 aliphatic rings. The summed E-state index contributed by atoms with van der Waals surface area (Å²) in [7, 11) is 1.65. The number of carbonyl (C=O) groups is 1. The summed E-state index contributed by atoms with van der Waals surface area (Å²) >= 11 is 0. The van der Waals surface area contributed by atoms with Crippen LogP contribution in [0.2, 0.25) is 0 Å². The number of para-hydroxylation sites is 1. The van der Waals surface area contributed by atoms with Crippen molar-refractivity contribution in [2.75, 3.05) is 44.8 Å². The molecule has 2 aromatic rings. The number of carbonyl (C=O) groups excluding carboxylic acids is 1. The van der Waals surface area contributed by atoms with Crippen LogP contribution in [-0.2, 0) is 5.41 Å². The zero-order valence-electron chi connectivity index (χ0n) is 16.1. The van der Waals surface area contributed by atoms with Gasteiger partial charge in [-0.2, -0.15) is 0 Å². The molecule has 2 aliphatic heterocycles. The molecule has 1 aromatic heterocycles. The number of methoxy groups -OCH3 is 1. The Balaban J connectivity index is 1.48. The first kappa shape index (κ1) is 17.6. The number of rotatable bonds is 3. The molecule has 0 spiro atoms. The summed E-state index contributed by atoms with van der Waals surface area (Å²) in [4.78, 5) is 21.6. The molecule has 1 saturated heterocycles. The molecule has 1 amide bonds. The highest BCUT2D eigenvalue weighted by Crippen LogP contribution is 2.41. The van der Waals surface area contributed by atoms with Crippen molar-refractivity contribution in [3.8, 4) is 11.5 Å². The second-order valence-electron chi connectivity index (χ2n) is 7.69. The predicted molar refractivity (Wildman–Crippen MR) is 104 cm³/mol. The molecule has 6 heteroatoms. The van der Waals surface area contributed by atoms with Gasteiger partial charge < -0.3 is 19.3 Å². The van der Waals surface area contributed by atoms with E-state index in [1.807, 2.05) is 29.2 Å². The van der Waals surface area contributed by atoms with Crippen LogP contribution in [0, 0.1) is 0 Å². The summed E-state index contributed by atoms with van der Waals surface area (Å²) < 4.78 is 11.2. The summed E-state index contributed by atoms with van der Waals surface area (Å²) in [5, 5.41) is 0. The van der Waals surface area contributed by atoms with Crippen molar-refractivity contribution in [2.45, 2.75) is 19.3 Å². The van der Waals surface area contributed by atoms with E-state index in [1.54, 1.807) is 13.3 Å². The van der Waals surface area contributed by atoms with Crippen LogP contribution >= 0.6 is 0 Å². The van der Waals surface area contributed by atoms with Crippen LogP contribution in [0.3, 0.4) is 0 Å². The topological polar surface area (TPSA) is 54.9 Å². The summed E-state index contributed by atoms with van der Waals surface area (Å²) in [6, 6.07) is 9.65. The van der Waals surface area contributed by atoms with Crippen molar-refractivity contribution in [1.82, 2.24) is 9.88 Å². The van der Waals surface area contributed by atoms with Gasteiger partial charge in [-0.05, 0) is 12.1 Å². The Morgan fingerprint density at radius 3 is 2.70 bits per heavy atom. The van der Waals surface area contributed by atoms with E-state index in [0.717, 1.165) is 36.0 Å². The largest absolute Gasteiger partial charge is 0.497 e. The van der Waals surface area contributed by atoms with E-state index in [4.69, 9.17) is 9.47 Å². The number of piperazine rings is 1. The molecular weight excluding hydrogens is 342 g/mol. The second-order valence-corrected chi connectivity index (χ2v) is 7.69. The minimum Gasteiger partial charge on any atom is -0.497 e. The van der Waals surface area contributed by atoms with Gasteiger partial charge in [-0.1, -0.05) is 26.0 Å². The zero-order chi connectivity index (χ0) is 19.0. The van der Waals surface area contributed by atoms with Crippen molar-refractivity contribution in [1.29, 1.82) is 0 Å². The average Bonchev–Trinajstić information content (AvgIpc) is 3.02. The van der Waals surface area contributed by atoms with Crippen LogP contribution in [0.1, 0.15) is 29.8 Å². The Morgan fingerprint density at radius 2 is 1.96 bits per heavy atom. The summed E-state index contributed by atoms with van der Waals surface area (Å²) in [6.45, 7) is 7.71. The maximum Gasteiger partial charge on any atom is 0.257 e. The van der Waals surface area contributed by atoms with Crippen LogP contribution in [0.5, 0.6) is 11.5 Å². The van der Waals surface area contributed by atoms with Crippen LogP contribution in [0.4, 0.5) is 5.82 Å². The molecule has 0 aliphatic carbocycles. The molecule has 4 rings (SSSR count). The van der Waals surface area contributed by atoms with Crippen molar-refractivity contribution < 1.29 is 14.3 Å². The number of nitrogens with zero attached hydrogens (tertiary/aromatic N) is 3. The normalized spacial score (nSPS) is 18.0. The Labute approximate surface area is 159 Å². The van der Waals surface area contributed by atoms with E-state index in [9.17, 15) is 4.79 Å². The lowest BCUT2D eigenvalue weighted by Crippen LogP contribution is -2.49. The van der Waals surface area contributed by atoms with Gasteiger partial charge in [-0.25, -0.2) is 4.98 Å². The lowest BCUT2D eigenvalue weighted by atomic mass is 9.86. The minimum atomic E-state index is -0.0532. The molecule has 1 aromatic carbocycles. The molecule has 0 atom stereocenters. The molecule has 1 fully saturated rings. The first-order chi connectivity index (χ1) is 13.0. The van der Waals surface area contributed by atoms with Gasteiger partial charge in [0.15, 0.2) is 0 Å². The molecule has 3 heterocycles. The van der Waals surface area contributed by atoms with Gasteiger partial charge in [0.2, 0.25) is 0 Å². The minimum absolute atomic E-state index is 0.0443. The predicted octanol–water partition coefficient (Wildman–Crippen LogP) is 2.72. The van der Waals surface area contributed by atoms with Gasteiger partial charge in [-0.15, -0.1) is 0 Å². The highest BCUT2D eigenvalue weighted by atomic mass is 16.5. The second kappa shape index (κ2) is 6.76. The van der Waals surface area contributed by atoms with Gasteiger partial charge in [0.25, 0.3) is 5.91 Å². The molecule has 0 radical (unpaired) electrons. The average molecular weight is 367 g/mol. The number of anilines is 1. The summed E-state index contributed by atoms with van der Waals surface area (Å²) in [6.07, 6.45) is 1.75. The molecule has 0 bridgehead atoms. The van der Waals surface area contributed by atoms with Crippen molar-refractivity contribution in [3.63, 3.8) is 0 Å². The molecule has 27 heavy (non-hydrogen) atoms. The smallest absolute Gasteiger partial charge is 0.257 e. The number of aromatic nitrogens is 1. The lowest BCUT2D eigenvalue weighted by Gasteiger charge is -2.35. The highest BCUT2D eigenvalue weighted by molar-refractivity contribution is 5.98. The first-order valence-corrected chi connectivity index (χ1v) is 9.30. The highest BCUT2D eigenvalue weighted by Gasteiger charge is 2.35. The number of fused-ring (bicyclic) bond motifs is 1. The van der Waals surface area contributed by atoms with Crippen molar-refractivity contribution in [2.24, 2.45) is 0 Å². The number of hydrogen-bond acceptors (Lipinski definition) is 5. The van der Waals surface area contributed by atoms with Gasteiger partial charge in [0.1, 0.15) is 17.3 Å². The number of amides is 1. The monoisotopic (exact) mass is 367 g/mol. The van der Waals surface area contributed by atoms with Gasteiger partial charge in [0, 0.05) is 49.4 Å². The standard InChI is InChI=1S/C21H25N3O3/c1-21(2)14-27-19-16(5-4-6-17(19)21)20(25)24-11-9-23(10-12-24)18-13-15(26-3)7-8-22-18/h4-8,13H,9-12,14H2,1-3H3. The van der Waals surface area contributed by atoms with Crippen LogP contribution in [0.15, 0.2) is 36.5 Å². The Kier molecular flexibility index (Phi) is 4.42. The van der Waals surface area contributed by atoms with Gasteiger partial charge >= 0.3 is 0 Å². The van der Waals surface area contributed by atoms with Crippen LogP contribution in [-0.4, -0.2) is 55.7 Å². The number of hydrogen-bond donors (Lipinski definition) is 0. The first-order valence-electron chi connectivity index (χ1n) is 9.30. The quantitative estimate of drug-likeness (QED) is 0.835. The number of ether oxygens (including phenoxy) is 2. The van der Waals surface area contributed by atoms with E-state index in [0.29, 0.717) is 25.3 Å². The van der Waals surface area contributed by atoms with Gasteiger partial charge in [0.05, 0.1) is 19.3 Å². The van der Waals surface area contributed by atoms with E-state index in [1.165, 1.54) is 0 Å². The molecule has 0 N–H and O–H groups in total. The fraction of sp³-hybridized carbons (Fsp3) is 0.429. The van der Waals surface area contributed by atoms with E-state index in [-0.39, 0.29) is 11.3 Å². The fourth-order valence-electron chi connectivity index (χ4n) is 3.73. The van der Waals surface area contributed by atoms with E-state index < -0.39 is 0 Å². The molecular formula is C21H25N3O3. The Hall–Kier alpha value is -2.76. The third kappa shape index (κ3) is 3.20. The number of benzene rings is 1.